The quantitative estimate of drug-likeness (QED) is 0.450. The number of aryl methyl sites for hydroxylation is 1. The molecule has 0 saturated carbocycles. The molecule has 2 aromatic carbocycles. The van der Waals surface area contributed by atoms with E-state index < -0.39 is 0 Å². The van der Waals surface area contributed by atoms with Crippen molar-refractivity contribution in [3.8, 4) is 11.1 Å². The van der Waals surface area contributed by atoms with Gasteiger partial charge in [-0.1, -0.05) is 41.4 Å². The fraction of sp³-hybridized carbons (Fsp3) is 0.0500. The largest absolute Gasteiger partial charge is 0.573 e. The molecule has 1 amide bonds. The van der Waals surface area contributed by atoms with Gasteiger partial charge in [0.05, 0.1) is 10.6 Å². The first-order chi connectivity index (χ1) is 12.6. The fourth-order valence-electron chi connectivity index (χ4n) is 2.73. The van der Waals surface area contributed by atoms with Crippen LogP contribution >= 0.6 is 11.6 Å². The molecular weight excluding hydrogens is 439 g/mol. The van der Waals surface area contributed by atoms with Crippen LogP contribution in [-0.4, -0.2) is 15.9 Å². The monoisotopic (exact) mass is 451 g/mol. The van der Waals surface area contributed by atoms with Gasteiger partial charge in [-0.2, -0.15) is 0 Å². The Hall–Kier alpha value is -2.08. The van der Waals surface area contributed by atoms with Gasteiger partial charge in [0, 0.05) is 38.9 Å². The molecule has 131 valence electrons. The molecule has 7 heteroatoms. The van der Waals surface area contributed by atoms with Crippen LogP contribution in [0.15, 0.2) is 59.1 Å². The molecule has 2 aromatic heterocycles. The number of nitrogens with one attached hydrogen (secondary N) is 1. The fourth-order valence-corrected chi connectivity index (χ4v) is 2.95. The molecule has 0 unspecified atom stereocenters. The van der Waals surface area contributed by atoms with Crippen molar-refractivity contribution in [2.45, 2.75) is 6.92 Å². The van der Waals surface area contributed by atoms with Gasteiger partial charge in [-0.25, -0.2) is 4.98 Å². The molecule has 0 aliphatic carbocycles. The van der Waals surface area contributed by atoms with Gasteiger partial charge in [0.25, 0.3) is 5.91 Å². The Morgan fingerprint density at radius 2 is 2.00 bits per heavy atom. The van der Waals surface area contributed by atoms with E-state index in [1.807, 2.05) is 25.1 Å². The predicted octanol–water partition coefficient (Wildman–Crippen LogP) is 4.90. The van der Waals surface area contributed by atoms with Crippen molar-refractivity contribution >= 4 is 34.4 Å². The van der Waals surface area contributed by atoms with Gasteiger partial charge in [0.15, 0.2) is 0 Å². The molecular formula is C20H13ClN3O2Y-. The van der Waals surface area contributed by atoms with E-state index in [1.165, 1.54) is 0 Å². The summed E-state index contributed by atoms with van der Waals surface area (Å²) < 4.78 is 5.25. The van der Waals surface area contributed by atoms with E-state index in [0.717, 1.165) is 22.2 Å². The molecule has 1 N–H and O–H groups in total. The Kier molecular flexibility index (Phi) is 6.05. The van der Waals surface area contributed by atoms with Crippen LogP contribution < -0.4 is 5.32 Å². The second-order valence-corrected chi connectivity index (χ2v) is 6.21. The molecule has 5 nitrogen and oxygen atoms in total. The number of rotatable bonds is 3. The van der Waals surface area contributed by atoms with Crippen LogP contribution in [0.1, 0.15) is 15.9 Å². The van der Waals surface area contributed by atoms with E-state index in [2.05, 4.69) is 21.7 Å². The average molecular weight is 452 g/mol. The Bertz CT molecular complexity index is 1110. The Morgan fingerprint density at radius 3 is 2.74 bits per heavy atom. The molecule has 0 saturated heterocycles. The molecule has 0 fully saturated rings. The van der Waals surface area contributed by atoms with Crippen molar-refractivity contribution in [1.29, 1.82) is 0 Å². The zero-order chi connectivity index (χ0) is 18.1. The SMILES string of the molecule is Cc1cc2n[c-]oc2cc1-c1ccc(NC(=O)c2ccccc2Cl)nc1.[Y]. The van der Waals surface area contributed by atoms with E-state index in [4.69, 9.17) is 16.0 Å². The third-order valence-electron chi connectivity index (χ3n) is 4.06. The Labute approximate surface area is 186 Å². The molecule has 0 aliphatic heterocycles. The van der Waals surface area contributed by atoms with Crippen LogP contribution in [0.25, 0.3) is 22.2 Å². The van der Waals surface area contributed by atoms with Gasteiger partial charge >= 0.3 is 0 Å². The van der Waals surface area contributed by atoms with E-state index in [0.29, 0.717) is 22.0 Å². The van der Waals surface area contributed by atoms with E-state index in [9.17, 15) is 4.79 Å². The van der Waals surface area contributed by atoms with E-state index >= 15 is 0 Å². The van der Waals surface area contributed by atoms with Gasteiger partial charge in [-0.05, 0) is 53.4 Å². The zero-order valence-electron chi connectivity index (χ0n) is 14.4. The maximum Gasteiger partial charge on any atom is 0.258 e. The molecule has 1 radical (unpaired) electrons. The first-order valence-electron chi connectivity index (χ1n) is 7.91. The summed E-state index contributed by atoms with van der Waals surface area (Å²) >= 11 is 6.05. The van der Waals surface area contributed by atoms with Crippen molar-refractivity contribution in [1.82, 2.24) is 9.97 Å². The number of halogens is 1. The van der Waals surface area contributed by atoms with Gasteiger partial charge in [-0.3, -0.25) is 4.79 Å². The average Bonchev–Trinajstić information content (AvgIpc) is 3.09. The van der Waals surface area contributed by atoms with Crippen LogP contribution in [0.4, 0.5) is 5.82 Å². The van der Waals surface area contributed by atoms with Gasteiger partial charge in [0.2, 0.25) is 0 Å². The minimum atomic E-state index is -0.300. The second kappa shape index (κ2) is 8.30. The molecule has 27 heavy (non-hydrogen) atoms. The summed E-state index contributed by atoms with van der Waals surface area (Å²) in [7, 11) is 0. The molecule has 0 spiro atoms. The summed E-state index contributed by atoms with van der Waals surface area (Å²) in [5, 5.41) is 3.15. The minimum Gasteiger partial charge on any atom is -0.573 e. The van der Waals surface area contributed by atoms with Gasteiger partial charge < -0.3 is 14.7 Å². The number of aromatic nitrogens is 2. The topological polar surface area (TPSA) is 68.0 Å². The van der Waals surface area contributed by atoms with Crippen LogP contribution in [0.5, 0.6) is 0 Å². The summed E-state index contributed by atoms with van der Waals surface area (Å²) in [6, 6.07) is 14.4. The third-order valence-corrected chi connectivity index (χ3v) is 4.39. The number of hydrogen-bond acceptors (Lipinski definition) is 4. The molecule has 0 atom stereocenters. The number of oxazole rings is 1. The van der Waals surface area contributed by atoms with Crippen LogP contribution in [-0.2, 0) is 32.7 Å². The molecule has 2 heterocycles. The maximum atomic E-state index is 12.3. The molecule has 0 aliphatic rings. The number of hydrogen-bond donors (Lipinski definition) is 1. The van der Waals surface area contributed by atoms with E-state index in [1.54, 1.807) is 36.5 Å². The summed E-state index contributed by atoms with van der Waals surface area (Å²) in [5.74, 6) is 0.149. The molecule has 0 bridgehead atoms. The first kappa shape index (κ1) is 19.7. The summed E-state index contributed by atoms with van der Waals surface area (Å²) in [5.41, 5.74) is 4.79. The van der Waals surface area contributed by atoms with Crippen molar-refractivity contribution in [3.63, 3.8) is 0 Å². The third kappa shape index (κ3) is 4.11. The number of benzene rings is 2. The summed E-state index contributed by atoms with van der Waals surface area (Å²) in [6.45, 7) is 2.00. The number of carbonyl (C=O) groups excluding carboxylic acids is 1. The normalized spacial score (nSPS) is 10.4. The van der Waals surface area contributed by atoms with Crippen molar-refractivity contribution in [2.75, 3.05) is 5.32 Å². The van der Waals surface area contributed by atoms with Crippen LogP contribution in [0.2, 0.25) is 5.02 Å². The maximum absolute atomic E-state index is 12.3. The number of nitrogens with zero attached hydrogens (tertiary/aromatic N) is 2. The van der Waals surface area contributed by atoms with Crippen LogP contribution in [0, 0.1) is 13.3 Å². The Morgan fingerprint density at radius 1 is 1.19 bits per heavy atom. The van der Waals surface area contributed by atoms with Crippen LogP contribution in [0.3, 0.4) is 0 Å². The second-order valence-electron chi connectivity index (χ2n) is 5.81. The number of fused-ring (bicyclic) bond motifs is 1. The zero-order valence-corrected chi connectivity index (χ0v) is 18.0. The van der Waals surface area contributed by atoms with Crippen molar-refractivity contribution in [3.05, 3.63) is 77.3 Å². The number of pyridine rings is 1. The minimum absolute atomic E-state index is 0. The number of anilines is 1. The smallest absolute Gasteiger partial charge is 0.258 e. The first-order valence-corrected chi connectivity index (χ1v) is 8.29. The van der Waals surface area contributed by atoms with Gasteiger partial charge in [0.1, 0.15) is 12.2 Å². The summed E-state index contributed by atoms with van der Waals surface area (Å²) in [6.07, 6.45) is 4.20. The van der Waals surface area contributed by atoms with Gasteiger partial charge in [-0.15, -0.1) is 0 Å². The van der Waals surface area contributed by atoms with E-state index in [-0.39, 0.29) is 38.6 Å². The molecule has 4 rings (SSSR count). The summed E-state index contributed by atoms with van der Waals surface area (Å²) in [4.78, 5) is 20.7. The predicted molar refractivity (Wildman–Crippen MR) is 100 cm³/mol. The number of carbonyl (C=O) groups is 1. The standard InChI is InChI=1S/C20H13ClN3O2.Y/c1-12-8-17-18(26-11-23-17)9-15(12)13-6-7-19(22-10-13)24-20(25)14-4-2-3-5-16(14)21;/h2-10H,1H3,(H,22,24,25);/q-1;. The number of amides is 1. The van der Waals surface area contributed by atoms with Crippen molar-refractivity contribution < 1.29 is 41.9 Å². The Balaban J connectivity index is 0.00000210. The van der Waals surface area contributed by atoms with Crippen molar-refractivity contribution in [2.24, 2.45) is 0 Å². The molecule has 4 aromatic rings.